The lowest BCUT2D eigenvalue weighted by atomic mass is 9.85. The van der Waals surface area contributed by atoms with Crippen LogP contribution in [-0.4, -0.2) is 119 Å². The molecule has 18 heteroatoms. The number of nitrogens with one attached hydrogen (secondary N) is 4. The number of anilines is 1. The Labute approximate surface area is 386 Å². The second-order valence-corrected chi connectivity index (χ2v) is 20.8. The normalized spacial score (nSPS) is 18.2. The van der Waals surface area contributed by atoms with Crippen LogP contribution in [0.1, 0.15) is 89.1 Å². The minimum Gasteiger partial charge on any atom is -0.391 e. The summed E-state index contributed by atoms with van der Waals surface area (Å²) >= 11 is 1.58. The minimum absolute atomic E-state index is 0.00468. The van der Waals surface area contributed by atoms with Crippen molar-refractivity contribution < 1.29 is 32.7 Å². The van der Waals surface area contributed by atoms with E-state index in [1.165, 1.54) is 21.3 Å². The standard InChI is InChI=1S/C47H63N9O7S2/c1-32(35-13-15-36(16-14-35)42-33(2)50-31-64-42)51-44(59)40-27-38(57)30-56(40)45(60)43(47(3,4)5)53-41(58)12-8-6-7-9-22-54-23-25-55(26-24-54)65(62,63)39-19-17-37(18-20-39)52-46(61)49-29-34-11-10-21-48-28-34/h10-11,13-21,28,31-32,38,40,43,57H,6-9,12,22-27,29-30H2,1-5H3,(H,51,59)(H,53,58)(H2,49,52,61). The lowest BCUT2D eigenvalue weighted by Gasteiger charge is -2.35. The highest BCUT2D eigenvalue weighted by molar-refractivity contribution is 7.89. The third-order valence-electron chi connectivity index (χ3n) is 11.9. The quantitative estimate of drug-likeness (QED) is 0.0797. The van der Waals surface area contributed by atoms with Gasteiger partial charge in [-0.05, 0) is 85.7 Å². The van der Waals surface area contributed by atoms with E-state index in [-0.39, 0.29) is 42.1 Å². The summed E-state index contributed by atoms with van der Waals surface area (Å²) in [4.78, 5) is 66.6. The largest absolute Gasteiger partial charge is 0.391 e. The number of thiazole rings is 1. The molecular weight excluding hydrogens is 867 g/mol. The summed E-state index contributed by atoms with van der Waals surface area (Å²) in [5.41, 5.74) is 5.42. The second-order valence-electron chi connectivity index (χ2n) is 18.0. The number of sulfonamides is 1. The monoisotopic (exact) mass is 929 g/mol. The van der Waals surface area contributed by atoms with E-state index in [2.05, 4.69) is 36.1 Å². The zero-order valence-corrected chi connectivity index (χ0v) is 39.6. The molecule has 0 radical (unpaired) electrons. The van der Waals surface area contributed by atoms with Gasteiger partial charge in [0.2, 0.25) is 27.7 Å². The zero-order chi connectivity index (χ0) is 46.7. The van der Waals surface area contributed by atoms with Crippen molar-refractivity contribution in [2.75, 3.05) is 44.6 Å². The molecule has 4 aromatic rings. The Kier molecular flexibility index (Phi) is 16.9. The van der Waals surface area contributed by atoms with Crippen molar-refractivity contribution in [1.29, 1.82) is 0 Å². The van der Waals surface area contributed by atoms with Gasteiger partial charge in [0.1, 0.15) is 12.1 Å². The summed E-state index contributed by atoms with van der Waals surface area (Å²) < 4.78 is 28.3. The van der Waals surface area contributed by atoms with E-state index in [0.717, 1.165) is 53.1 Å². The molecule has 350 valence electrons. The molecule has 4 unspecified atom stereocenters. The van der Waals surface area contributed by atoms with E-state index in [0.29, 0.717) is 44.8 Å². The molecule has 2 fully saturated rings. The van der Waals surface area contributed by atoms with Gasteiger partial charge in [-0.1, -0.05) is 63.9 Å². The number of aromatic nitrogens is 2. The van der Waals surface area contributed by atoms with E-state index in [9.17, 15) is 32.7 Å². The number of piperazine rings is 1. The molecule has 0 saturated carbocycles. The van der Waals surface area contributed by atoms with Gasteiger partial charge in [0, 0.05) is 70.2 Å². The number of benzene rings is 2. The van der Waals surface area contributed by atoms with Crippen LogP contribution >= 0.6 is 11.3 Å². The number of hydrogen-bond donors (Lipinski definition) is 5. The van der Waals surface area contributed by atoms with Crippen molar-refractivity contribution in [2.45, 2.75) is 109 Å². The maximum absolute atomic E-state index is 14.1. The topological polar surface area (TPSA) is 206 Å². The number of carbonyl (C=O) groups excluding carboxylic acids is 4. The van der Waals surface area contributed by atoms with Crippen molar-refractivity contribution >= 4 is 50.8 Å². The van der Waals surface area contributed by atoms with Crippen LogP contribution < -0.4 is 21.3 Å². The predicted molar refractivity (Wildman–Crippen MR) is 251 cm³/mol. The molecule has 65 heavy (non-hydrogen) atoms. The van der Waals surface area contributed by atoms with Gasteiger partial charge in [-0.2, -0.15) is 4.31 Å². The number of aliphatic hydroxyl groups excluding tert-OH is 1. The number of urea groups is 1. The number of likely N-dealkylation sites (tertiary alicyclic amines) is 1. The van der Waals surface area contributed by atoms with E-state index < -0.39 is 45.6 Å². The Bertz CT molecular complexity index is 2330. The first-order valence-electron chi connectivity index (χ1n) is 22.3. The second kappa shape index (κ2) is 22.3. The summed E-state index contributed by atoms with van der Waals surface area (Å²) in [5, 5.41) is 22.1. The average Bonchev–Trinajstić information content (AvgIpc) is 3.91. The van der Waals surface area contributed by atoms with Crippen molar-refractivity contribution in [3.05, 3.63) is 95.4 Å². The number of unbranched alkanes of at least 4 members (excludes halogenated alkanes) is 3. The molecule has 2 aliphatic rings. The summed E-state index contributed by atoms with van der Waals surface area (Å²) in [6.45, 7) is 12.6. The number of nitrogens with zero attached hydrogens (tertiary/aromatic N) is 5. The van der Waals surface area contributed by atoms with Crippen LogP contribution in [0.4, 0.5) is 10.5 Å². The molecule has 0 bridgehead atoms. The molecule has 4 heterocycles. The minimum atomic E-state index is -3.70. The zero-order valence-electron chi connectivity index (χ0n) is 38.0. The van der Waals surface area contributed by atoms with E-state index >= 15 is 0 Å². The molecule has 2 aromatic carbocycles. The van der Waals surface area contributed by atoms with Gasteiger partial charge in [0.25, 0.3) is 0 Å². The fraction of sp³-hybridized carbons (Fsp3) is 0.489. The number of β-amino-alcohol motifs (C(OH)–C–C–N with tert-alkyl or cyclic N) is 1. The first-order valence-corrected chi connectivity index (χ1v) is 24.7. The van der Waals surface area contributed by atoms with Gasteiger partial charge in [-0.25, -0.2) is 18.2 Å². The SMILES string of the molecule is Cc1ncsc1-c1ccc(C(C)NC(=O)C2CC(O)CN2C(=O)C(NC(=O)CCCCCCN2CCN(S(=O)(=O)c3ccc(NC(=O)NCc4cccnc4)cc3)CC2)C(C)(C)C)cc1. The molecule has 2 aromatic heterocycles. The van der Waals surface area contributed by atoms with Crippen molar-refractivity contribution in [3.8, 4) is 10.4 Å². The number of hydrogen-bond acceptors (Lipinski definition) is 11. The van der Waals surface area contributed by atoms with Crippen LogP contribution in [0.2, 0.25) is 0 Å². The number of amides is 5. The molecule has 5 N–H and O–H groups in total. The lowest BCUT2D eigenvalue weighted by molar-refractivity contribution is -0.144. The van der Waals surface area contributed by atoms with E-state index in [1.807, 2.05) is 70.5 Å². The van der Waals surface area contributed by atoms with Crippen LogP contribution in [0.5, 0.6) is 0 Å². The number of carbonyl (C=O) groups is 4. The fourth-order valence-corrected chi connectivity index (χ4v) is 10.4. The van der Waals surface area contributed by atoms with Gasteiger partial charge in [0.15, 0.2) is 0 Å². The molecule has 4 atom stereocenters. The van der Waals surface area contributed by atoms with Gasteiger partial charge in [0.05, 0.1) is 33.1 Å². The Morgan fingerprint density at radius 1 is 0.923 bits per heavy atom. The van der Waals surface area contributed by atoms with Crippen molar-refractivity contribution in [2.24, 2.45) is 5.41 Å². The van der Waals surface area contributed by atoms with Gasteiger partial charge in [-0.3, -0.25) is 19.4 Å². The summed E-state index contributed by atoms with van der Waals surface area (Å²) in [5.74, 6) is -0.986. The van der Waals surface area contributed by atoms with Crippen molar-refractivity contribution in [3.63, 3.8) is 0 Å². The first-order chi connectivity index (χ1) is 31.0. The summed E-state index contributed by atoms with van der Waals surface area (Å²) in [6, 6.07) is 15.2. The van der Waals surface area contributed by atoms with Crippen molar-refractivity contribution in [1.82, 2.24) is 40.0 Å². The predicted octanol–water partition coefficient (Wildman–Crippen LogP) is 5.46. The number of aliphatic hydroxyl groups is 1. The lowest BCUT2D eigenvalue weighted by Crippen LogP contribution is -2.57. The van der Waals surface area contributed by atoms with Crippen LogP contribution in [0.15, 0.2) is 83.5 Å². The summed E-state index contributed by atoms with van der Waals surface area (Å²) in [6.07, 6.45) is 6.08. The van der Waals surface area contributed by atoms with Crippen LogP contribution in [0.25, 0.3) is 10.4 Å². The third-order valence-corrected chi connectivity index (χ3v) is 14.8. The Morgan fingerprint density at radius 2 is 1.63 bits per heavy atom. The first kappa shape index (κ1) is 49.2. The Balaban J connectivity index is 0.888. The molecule has 0 spiro atoms. The molecule has 6 rings (SSSR count). The molecule has 2 aliphatic heterocycles. The highest BCUT2D eigenvalue weighted by Gasteiger charge is 2.44. The van der Waals surface area contributed by atoms with Gasteiger partial charge < -0.3 is 36.2 Å². The van der Waals surface area contributed by atoms with Crippen LogP contribution in [-0.2, 0) is 31.0 Å². The maximum Gasteiger partial charge on any atom is 0.319 e. The number of pyridine rings is 1. The van der Waals surface area contributed by atoms with E-state index in [1.54, 1.807) is 41.9 Å². The average molecular weight is 930 g/mol. The van der Waals surface area contributed by atoms with E-state index in [4.69, 9.17) is 0 Å². The molecule has 2 saturated heterocycles. The molecule has 16 nitrogen and oxygen atoms in total. The summed E-state index contributed by atoms with van der Waals surface area (Å²) in [7, 11) is -3.70. The molecule has 5 amide bonds. The smallest absolute Gasteiger partial charge is 0.319 e. The maximum atomic E-state index is 14.1. The highest BCUT2D eigenvalue weighted by atomic mass is 32.2. The molecular formula is C47H63N9O7S2. The van der Waals surface area contributed by atoms with Gasteiger partial charge >= 0.3 is 6.03 Å². The highest BCUT2D eigenvalue weighted by Crippen LogP contribution is 2.30. The van der Waals surface area contributed by atoms with Gasteiger partial charge in [-0.15, -0.1) is 11.3 Å². The molecule has 0 aliphatic carbocycles. The third kappa shape index (κ3) is 13.4. The van der Waals surface area contributed by atoms with Crippen LogP contribution in [0, 0.1) is 12.3 Å². The van der Waals surface area contributed by atoms with Crippen LogP contribution in [0.3, 0.4) is 0 Å². The number of rotatable bonds is 18. The Morgan fingerprint density at radius 3 is 2.28 bits per heavy atom. The number of aryl methyl sites for hydroxylation is 1. The Hall–Kier alpha value is -5.27. The fourth-order valence-electron chi connectivity index (χ4n) is 8.14.